The first-order valence-corrected chi connectivity index (χ1v) is 12.2. The van der Waals surface area contributed by atoms with Gasteiger partial charge in [-0.1, -0.05) is 101 Å². The molecule has 2 rings (SSSR count). The third-order valence-corrected chi connectivity index (χ3v) is 6.30. The monoisotopic (exact) mass is 390 g/mol. The number of rotatable bonds is 11. The van der Waals surface area contributed by atoms with Crippen molar-refractivity contribution in [2.24, 2.45) is 11.8 Å². The van der Waals surface area contributed by atoms with E-state index in [1.807, 2.05) is 6.08 Å². The Morgan fingerprint density at radius 1 is 0.793 bits per heavy atom. The molecule has 1 aliphatic carbocycles. The zero-order valence-electron chi connectivity index (χ0n) is 19.0. The number of aryl methyl sites for hydroxylation is 1. The summed E-state index contributed by atoms with van der Waals surface area (Å²) >= 11 is 0. The predicted molar refractivity (Wildman–Crippen MR) is 130 cm³/mol. The number of unbranched alkanes of at least 4 members (excludes halogenated alkanes) is 5. The maximum Gasteiger partial charge on any atom is -0.0109 e. The molecular weight excluding hydrogens is 348 g/mol. The van der Waals surface area contributed by atoms with Crippen molar-refractivity contribution in [2.45, 2.75) is 97.3 Å². The summed E-state index contributed by atoms with van der Waals surface area (Å²) in [4.78, 5) is 0. The Morgan fingerprint density at radius 2 is 1.48 bits per heavy atom. The molecule has 29 heavy (non-hydrogen) atoms. The highest BCUT2D eigenvalue weighted by Crippen LogP contribution is 2.32. The summed E-state index contributed by atoms with van der Waals surface area (Å²) in [6.45, 7) is 4.55. The van der Waals surface area contributed by atoms with Gasteiger partial charge in [-0.15, -0.1) is 0 Å². The number of hydrogen-bond acceptors (Lipinski definition) is 0. The maximum atomic E-state index is 3.19. The van der Waals surface area contributed by atoms with Crippen molar-refractivity contribution in [1.82, 2.24) is 0 Å². The van der Waals surface area contributed by atoms with Crippen molar-refractivity contribution in [1.29, 1.82) is 0 Å². The van der Waals surface area contributed by atoms with Gasteiger partial charge in [0.15, 0.2) is 0 Å². The van der Waals surface area contributed by atoms with Crippen LogP contribution in [0.3, 0.4) is 0 Å². The van der Waals surface area contributed by atoms with Crippen LogP contribution in [0.15, 0.2) is 42.5 Å². The van der Waals surface area contributed by atoms with Gasteiger partial charge < -0.3 is 0 Å². The molecular formula is C29H42. The lowest BCUT2D eigenvalue weighted by Crippen LogP contribution is -2.12. The molecule has 0 N–H and O–H groups in total. The summed E-state index contributed by atoms with van der Waals surface area (Å²) in [7, 11) is 0. The topological polar surface area (TPSA) is 0 Å². The first-order valence-electron chi connectivity index (χ1n) is 12.2. The largest absolute Gasteiger partial charge is 0.0730 e. The van der Waals surface area contributed by atoms with E-state index in [0.29, 0.717) is 0 Å². The van der Waals surface area contributed by atoms with E-state index < -0.39 is 0 Å². The minimum atomic E-state index is 0.750. The molecule has 0 heteroatoms. The molecule has 0 bridgehead atoms. The van der Waals surface area contributed by atoms with Crippen LogP contribution in [-0.4, -0.2) is 0 Å². The van der Waals surface area contributed by atoms with E-state index in [0.717, 1.165) is 11.8 Å². The van der Waals surface area contributed by atoms with E-state index in [4.69, 9.17) is 0 Å². The van der Waals surface area contributed by atoms with E-state index in [-0.39, 0.29) is 0 Å². The van der Waals surface area contributed by atoms with Crippen molar-refractivity contribution in [3.63, 3.8) is 0 Å². The summed E-state index contributed by atoms with van der Waals surface area (Å²) in [6, 6.07) is 8.91. The quantitative estimate of drug-likeness (QED) is 0.261. The van der Waals surface area contributed by atoms with Crippen LogP contribution in [0.4, 0.5) is 0 Å². The zero-order valence-corrected chi connectivity index (χ0v) is 19.0. The van der Waals surface area contributed by atoms with E-state index in [9.17, 15) is 0 Å². The molecule has 0 unspecified atom stereocenters. The molecule has 0 saturated heterocycles. The average molecular weight is 391 g/mol. The van der Waals surface area contributed by atoms with E-state index >= 15 is 0 Å². The van der Waals surface area contributed by atoms with Gasteiger partial charge >= 0.3 is 0 Å². The van der Waals surface area contributed by atoms with Crippen LogP contribution in [-0.2, 0) is 6.42 Å². The Labute approximate surface area is 180 Å². The smallest absolute Gasteiger partial charge is 0.0109 e. The Balaban J connectivity index is 1.63. The molecule has 1 aliphatic rings. The maximum absolute atomic E-state index is 3.19. The van der Waals surface area contributed by atoms with Gasteiger partial charge in [-0.25, -0.2) is 0 Å². The number of hydrogen-bond donors (Lipinski definition) is 0. The summed E-state index contributed by atoms with van der Waals surface area (Å²) in [5, 5.41) is 0. The Kier molecular flexibility index (Phi) is 12.3. The molecule has 1 aromatic rings. The van der Waals surface area contributed by atoms with Gasteiger partial charge in [0.2, 0.25) is 0 Å². The van der Waals surface area contributed by atoms with Crippen LogP contribution in [0.25, 0.3) is 6.08 Å². The normalized spacial score (nSPS) is 19.5. The van der Waals surface area contributed by atoms with E-state index in [2.05, 4.69) is 68.2 Å². The molecule has 158 valence electrons. The van der Waals surface area contributed by atoms with Crippen molar-refractivity contribution < 1.29 is 0 Å². The molecule has 0 spiro atoms. The first-order chi connectivity index (χ1) is 14.3. The second-order valence-corrected chi connectivity index (χ2v) is 8.81. The molecule has 0 amide bonds. The molecule has 0 nitrogen and oxygen atoms in total. The lowest BCUT2D eigenvalue weighted by atomic mass is 9.79. The third kappa shape index (κ3) is 10.6. The zero-order chi connectivity index (χ0) is 20.6. The fraction of sp³-hybridized carbons (Fsp3) is 0.586. The third-order valence-electron chi connectivity index (χ3n) is 6.30. The summed E-state index contributed by atoms with van der Waals surface area (Å²) < 4.78 is 0. The van der Waals surface area contributed by atoms with Gasteiger partial charge in [-0.05, 0) is 79.7 Å². The second-order valence-electron chi connectivity index (χ2n) is 8.81. The van der Waals surface area contributed by atoms with E-state index in [1.54, 1.807) is 0 Å². The van der Waals surface area contributed by atoms with Crippen LogP contribution >= 0.6 is 0 Å². The van der Waals surface area contributed by atoms with Crippen molar-refractivity contribution in [3.05, 3.63) is 53.6 Å². The van der Waals surface area contributed by atoms with Crippen molar-refractivity contribution in [3.8, 4) is 11.8 Å². The molecule has 1 saturated carbocycles. The predicted octanol–water partition coefficient (Wildman–Crippen LogP) is 8.77. The molecule has 0 aromatic heterocycles. The summed E-state index contributed by atoms with van der Waals surface area (Å²) in [5.41, 5.74) is 2.68. The van der Waals surface area contributed by atoms with Gasteiger partial charge in [-0.2, -0.15) is 0 Å². The standard InChI is InChI=1S/C29H42/c1-3-5-7-11-15-27-22-24-29(25-23-27)17-13-9-8-12-16-28-20-18-26(19-21-28)14-10-6-4-2/h12-13,16-21,27,29H,3-7,10-11,14-15,22-25H2,1-2H3/b16-12+,17-13+. The fourth-order valence-electron chi connectivity index (χ4n) is 4.32. The molecule has 0 heterocycles. The van der Waals surface area contributed by atoms with Crippen LogP contribution in [0.5, 0.6) is 0 Å². The highest BCUT2D eigenvalue weighted by molar-refractivity contribution is 5.53. The van der Waals surface area contributed by atoms with Gasteiger partial charge in [0, 0.05) is 0 Å². The highest BCUT2D eigenvalue weighted by Gasteiger charge is 2.18. The lowest BCUT2D eigenvalue weighted by molar-refractivity contribution is 0.289. The van der Waals surface area contributed by atoms with Gasteiger partial charge in [0.1, 0.15) is 0 Å². The van der Waals surface area contributed by atoms with Crippen LogP contribution in [0.1, 0.15) is 102 Å². The van der Waals surface area contributed by atoms with Crippen LogP contribution < -0.4 is 0 Å². The number of benzene rings is 1. The molecule has 0 radical (unpaired) electrons. The second kappa shape index (κ2) is 15.1. The van der Waals surface area contributed by atoms with Crippen molar-refractivity contribution >= 4 is 6.08 Å². The summed E-state index contributed by atoms with van der Waals surface area (Å²) in [6.07, 6.45) is 26.3. The van der Waals surface area contributed by atoms with Gasteiger partial charge in [0.25, 0.3) is 0 Å². The van der Waals surface area contributed by atoms with Crippen LogP contribution in [0.2, 0.25) is 0 Å². The molecule has 0 atom stereocenters. The molecule has 1 fully saturated rings. The fourth-order valence-corrected chi connectivity index (χ4v) is 4.32. The minimum Gasteiger partial charge on any atom is -0.0730 e. The lowest BCUT2D eigenvalue weighted by Gasteiger charge is -2.26. The Bertz CT molecular complexity index is 642. The number of allylic oxidation sites excluding steroid dienone is 3. The van der Waals surface area contributed by atoms with Gasteiger partial charge in [-0.3, -0.25) is 0 Å². The minimum absolute atomic E-state index is 0.750. The highest BCUT2D eigenvalue weighted by atomic mass is 14.2. The Morgan fingerprint density at radius 3 is 2.21 bits per heavy atom. The average Bonchev–Trinajstić information content (AvgIpc) is 2.76. The van der Waals surface area contributed by atoms with E-state index in [1.165, 1.54) is 94.6 Å². The van der Waals surface area contributed by atoms with Gasteiger partial charge in [0.05, 0.1) is 0 Å². The first kappa shape index (κ1) is 23.5. The van der Waals surface area contributed by atoms with Crippen LogP contribution in [0, 0.1) is 23.7 Å². The summed E-state index contributed by atoms with van der Waals surface area (Å²) in [5.74, 6) is 8.09. The molecule has 1 aromatic carbocycles. The van der Waals surface area contributed by atoms with Crippen molar-refractivity contribution in [2.75, 3.05) is 0 Å². The molecule has 0 aliphatic heterocycles. The SMILES string of the molecule is CCCCCCC1CCC(/C=C/C#C/C=C/c2ccc(CCCCC)cc2)CC1. The Hall–Kier alpha value is -1.74.